The monoisotopic (exact) mass is 552 g/mol. The van der Waals surface area contributed by atoms with E-state index in [0.29, 0.717) is 35.3 Å². The number of hydrogen-bond acceptors (Lipinski definition) is 7. The number of anilines is 2. The predicted octanol–water partition coefficient (Wildman–Crippen LogP) is 5.12. The van der Waals surface area contributed by atoms with Crippen LogP contribution in [0.4, 0.5) is 10.8 Å². The van der Waals surface area contributed by atoms with Gasteiger partial charge in [0.2, 0.25) is 0 Å². The van der Waals surface area contributed by atoms with Crippen LogP contribution in [0.2, 0.25) is 0 Å². The van der Waals surface area contributed by atoms with Crippen molar-refractivity contribution >= 4 is 48.3 Å². The van der Waals surface area contributed by atoms with E-state index in [9.17, 15) is 13.2 Å². The van der Waals surface area contributed by atoms with E-state index >= 15 is 0 Å². The van der Waals surface area contributed by atoms with Crippen molar-refractivity contribution in [3.8, 4) is 5.75 Å². The van der Waals surface area contributed by atoms with Crippen molar-refractivity contribution in [1.29, 1.82) is 0 Å². The second-order valence-electron chi connectivity index (χ2n) is 8.98. The third kappa shape index (κ3) is 5.98. The first kappa shape index (κ1) is 27.6. The quantitative estimate of drug-likeness (QED) is 0.257. The molecule has 4 aromatic rings. The van der Waals surface area contributed by atoms with Crippen LogP contribution >= 0.6 is 11.3 Å². The molecule has 10 heteroatoms. The van der Waals surface area contributed by atoms with E-state index < -0.39 is 10.0 Å². The van der Waals surface area contributed by atoms with Gasteiger partial charge < -0.3 is 9.64 Å². The first-order chi connectivity index (χ1) is 18.2. The zero-order valence-corrected chi connectivity index (χ0v) is 23.6. The summed E-state index contributed by atoms with van der Waals surface area (Å²) in [5.74, 6) is 0.450. The Kier molecular flexibility index (Phi) is 8.65. The molecule has 38 heavy (non-hydrogen) atoms. The molecule has 8 nitrogen and oxygen atoms in total. The molecule has 1 amide bonds. The van der Waals surface area contributed by atoms with Crippen molar-refractivity contribution in [2.45, 2.75) is 18.2 Å². The minimum Gasteiger partial charge on any atom is -0.492 e. The summed E-state index contributed by atoms with van der Waals surface area (Å²) in [6.07, 6.45) is 0.751. The number of nitrogens with zero attached hydrogens (tertiary/aromatic N) is 4. The molecule has 0 saturated heterocycles. The lowest BCUT2D eigenvalue weighted by Gasteiger charge is -2.22. The normalized spacial score (nSPS) is 11.6. The fourth-order valence-corrected chi connectivity index (χ4v) is 6.19. The smallest absolute Gasteiger partial charge is 0.264 e. The lowest BCUT2D eigenvalue weighted by Crippen LogP contribution is -2.33. The number of fused-ring (bicyclic) bond motifs is 1. The molecule has 0 radical (unpaired) electrons. The Morgan fingerprint density at radius 2 is 1.63 bits per heavy atom. The number of para-hydroxylation sites is 2. The maximum Gasteiger partial charge on any atom is 0.264 e. The Balaban J connectivity index is 1.63. The number of carbonyl (C=O) groups is 1. The average Bonchev–Trinajstić information content (AvgIpc) is 3.36. The van der Waals surface area contributed by atoms with E-state index in [1.165, 1.54) is 34.8 Å². The number of amides is 1. The topological polar surface area (TPSA) is 83.0 Å². The molecule has 4 rings (SSSR count). The highest BCUT2D eigenvalue weighted by Gasteiger charge is 2.25. The summed E-state index contributed by atoms with van der Waals surface area (Å²) in [5, 5.41) is 0.580. The molecule has 0 bridgehead atoms. The molecule has 0 atom stereocenters. The molecule has 0 spiro atoms. The molecular formula is C28H32N4O4S2. The highest BCUT2D eigenvalue weighted by molar-refractivity contribution is 7.92. The fraction of sp³-hybridized carbons (Fsp3) is 0.286. The third-order valence-electron chi connectivity index (χ3n) is 6.01. The van der Waals surface area contributed by atoms with Crippen molar-refractivity contribution in [2.75, 3.05) is 50.0 Å². The predicted molar refractivity (Wildman–Crippen MR) is 154 cm³/mol. The number of benzene rings is 3. The Hall–Kier alpha value is -3.47. The van der Waals surface area contributed by atoms with Gasteiger partial charge in [-0.1, -0.05) is 35.6 Å². The standard InChI is InChI=1S/C28H32N4O4S2/c1-5-36-24-13-9-14-25-26(24)29-28(37-25)32(20-10-19-30(2)3)27(33)21-15-17-23(18-16-21)38(34,35)31(4)22-11-7-6-8-12-22/h6-9,11-18H,5,10,19-20H2,1-4H3. The van der Waals surface area contributed by atoms with Crippen LogP contribution in [0, 0.1) is 0 Å². The highest BCUT2D eigenvalue weighted by Crippen LogP contribution is 2.35. The second kappa shape index (κ2) is 11.9. The van der Waals surface area contributed by atoms with Gasteiger partial charge in [0.05, 0.1) is 21.9 Å². The Morgan fingerprint density at radius 1 is 0.921 bits per heavy atom. The van der Waals surface area contributed by atoms with Gasteiger partial charge in [-0.25, -0.2) is 13.4 Å². The number of aromatic nitrogens is 1. The fourth-order valence-electron chi connectivity index (χ4n) is 3.99. The number of thiazole rings is 1. The average molecular weight is 553 g/mol. The number of rotatable bonds is 11. The number of ether oxygens (including phenoxy) is 1. The van der Waals surface area contributed by atoms with Crippen molar-refractivity contribution in [3.63, 3.8) is 0 Å². The number of sulfonamides is 1. The Morgan fingerprint density at radius 3 is 2.29 bits per heavy atom. The van der Waals surface area contributed by atoms with Crippen LogP contribution in [0.25, 0.3) is 10.2 Å². The van der Waals surface area contributed by atoms with Crippen molar-refractivity contribution in [1.82, 2.24) is 9.88 Å². The van der Waals surface area contributed by atoms with Crippen LogP contribution in [-0.2, 0) is 10.0 Å². The molecule has 1 aromatic heterocycles. The third-order valence-corrected chi connectivity index (χ3v) is 8.86. The van der Waals surface area contributed by atoms with Gasteiger partial charge in [-0.3, -0.25) is 14.0 Å². The van der Waals surface area contributed by atoms with E-state index in [2.05, 4.69) is 4.90 Å². The van der Waals surface area contributed by atoms with Crippen molar-refractivity contribution in [3.05, 3.63) is 78.4 Å². The van der Waals surface area contributed by atoms with Gasteiger partial charge in [0.15, 0.2) is 5.13 Å². The zero-order chi connectivity index (χ0) is 27.3. The Bertz CT molecular complexity index is 1490. The summed E-state index contributed by atoms with van der Waals surface area (Å²) in [5.41, 5.74) is 1.67. The first-order valence-electron chi connectivity index (χ1n) is 12.4. The largest absolute Gasteiger partial charge is 0.492 e. The van der Waals surface area contributed by atoms with Gasteiger partial charge in [0.1, 0.15) is 11.3 Å². The molecular weight excluding hydrogens is 520 g/mol. The number of hydrogen-bond donors (Lipinski definition) is 0. The van der Waals surface area contributed by atoms with E-state index in [0.717, 1.165) is 23.2 Å². The van der Waals surface area contributed by atoms with Crippen LogP contribution in [-0.4, -0.2) is 65.0 Å². The summed E-state index contributed by atoms with van der Waals surface area (Å²) in [6.45, 7) is 3.72. The van der Waals surface area contributed by atoms with Gasteiger partial charge in [0.25, 0.3) is 15.9 Å². The molecule has 1 heterocycles. The Labute approximate surface area is 228 Å². The maximum atomic E-state index is 13.7. The van der Waals surface area contributed by atoms with Gasteiger partial charge in [-0.05, 0) is 82.5 Å². The minimum absolute atomic E-state index is 0.112. The van der Waals surface area contributed by atoms with Gasteiger partial charge in [-0.15, -0.1) is 0 Å². The van der Waals surface area contributed by atoms with Crippen LogP contribution in [0.1, 0.15) is 23.7 Å². The van der Waals surface area contributed by atoms with E-state index in [1.807, 2.05) is 45.3 Å². The summed E-state index contributed by atoms with van der Waals surface area (Å²) in [6, 6.07) is 20.7. The zero-order valence-electron chi connectivity index (χ0n) is 22.0. The lowest BCUT2D eigenvalue weighted by atomic mass is 10.2. The van der Waals surface area contributed by atoms with Gasteiger partial charge in [-0.2, -0.15) is 0 Å². The minimum atomic E-state index is -3.78. The maximum absolute atomic E-state index is 13.7. The van der Waals surface area contributed by atoms with Gasteiger partial charge in [0, 0.05) is 19.2 Å². The van der Waals surface area contributed by atoms with Crippen LogP contribution in [0.3, 0.4) is 0 Å². The molecule has 0 aliphatic heterocycles. The lowest BCUT2D eigenvalue weighted by molar-refractivity contribution is 0.0986. The molecule has 0 aliphatic rings. The number of carbonyl (C=O) groups excluding carboxylic acids is 1. The molecule has 0 aliphatic carbocycles. The second-order valence-corrected chi connectivity index (χ2v) is 12.0. The molecule has 0 saturated carbocycles. The molecule has 200 valence electrons. The van der Waals surface area contributed by atoms with E-state index in [1.54, 1.807) is 41.3 Å². The van der Waals surface area contributed by atoms with Crippen molar-refractivity contribution in [2.24, 2.45) is 0 Å². The summed E-state index contributed by atoms with van der Waals surface area (Å²) in [7, 11) is 1.71. The summed E-state index contributed by atoms with van der Waals surface area (Å²) < 4.78 is 34.2. The van der Waals surface area contributed by atoms with Gasteiger partial charge >= 0.3 is 0 Å². The SMILES string of the molecule is CCOc1cccc2sc(N(CCCN(C)C)C(=O)c3ccc(S(=O)(=O)N(C)c4ccccc4)cc3)nc12. The summed E-state index contributed by atoms with van der Waals surface area (Å²) >= 11 is 1.43. The van der Waals surface area contributed by atoms with E-state index in [4.69, 9.17) is 9.72 Å². The molecule has 3 aromatic carbocycles. The van der Waals surface area contributed by atoms with Crippen molar-refractivity contribution < 1.29 is 17.9 Å². The first-order valence-corrected chi connectivity index (χ1v) is 14.6. The molecule has 0 fully saturated rings. The van der Waals surface area contributed by atoms with Crippen LogP contribution in [0.5, 0.6) is 5.75 Å². The summed E-state index contributed by atoms with van der Waals surface area (Å²) in [4.78, 5) is 22.3. The molecule has 0 unspecified atom stereocenters. The molecule has 0 N–H and O–H groups in total. The van der Waals surface area contributed by atoms with Crippen LogP contribution < -0.4 is 13.9 Å². The van der Waals surface area contributed by atoms with Crippen LogP contribution in [0.15, 0.2) is 77.7 Å². The van der Waals surface area contributed by atoms with E-state index in [-0.39, 0.29) is 10.8 Å². The highest BCUT2D eigenvalue weighted by atomic mass is 32.2.